The highest BCUT2D eigenvalue weighted by molar-refractivity contribution is 7.89. The highest BCUT2D eigenvalue weighted by atomic mass is 32.2. The molecule has 0 aliphatic heterocycles. The summed E-state index contributed by atoms with van der Waals surface area (Å²) in [6.45, 7) is 7.55. The maximum absolute atomic E-state index is 12.7. The molecule has 0 aliphatic rings. The van der Waals surface area contributed by atoms with Crippen LogP contribution in [0.3, 0.4) is 0 Å². The van der Waals surface area contributed by atoms with Gasteiger partial charge < -0.3 is 5.11 Å². The highest BCUT2D eigenvalue weighted by Crippen LogP contribution is 2.23. The normalized spacial score (nSPS) is 12.5. The SMILES string of the molecule is CCN(C(C)C)S(=O)(=O)c1cc(C=CC(=O)O)ccc1C. The Morgan fingerprint density at radius 3 is 2.48 bits per heavy atom. The van der Waals surface area contributed by atoms with E-state index in [1.807, 2.05) is 13.8 Å². The van der Waals surface area contributed by atoms with Crippen LogP contribution in [0.15, 0.2) is 29.2 Å². The van der Waals surface area contributed by atoms with E-state index < -0.39 is 16.0 Å². The smallest absolute Gasteiger partial charge is 0.328 e. The molecular weight excluding hydrogens is 290 g/mol. The van der Waals surface area contributed by atoms with Gasteiger partial charge in [-0.2, -0.15) is 4.31 Å². The van der Waals surface area contributed by atoms with Crippen LogP contribution in [-0.2, 0) is 14.8 Å². The first kappa shape index (κ1) is 17.4. The number of hydrogen-bond acceptors (Lipinski definition) is 3. The van der Waals surface area contributed by atoms with E-state index in [2.05, 4.69) is 0 Å². The van der Waals surface area contributed by atoms with E-state index in [4.69, 9.17) is 5.11 Å². The number of nitrogens with zero attached hydrogens (tertiary/aromatic N) is 1. The topological polar surface area (TPSA) is 74.7 Å². The zero-order valence-electron chi connectivity index (χ0n) is 12.7. The van der Waals surface area contributed by atoms with Crippen LogP contribution in [-0.4, -0.2) is 36.4 Å². The largest absolute Gasteiger partial charge is 0.478 e. The molecule has 0 saturated carbocycles. The Hall–Kier alpha value is -1.66. The first-order valence-corrected chi connectivity index (χ1v) is 8.17. The average Bonchev–Trinajstić information content (AvgIpc) is 2.37. The minimum atomic E-state index is -3.59. The molecule has 0 aliphatic carbocycles. The molecule has 0 spiro atoms. The second-order valence-electron chi connectivity index (χ2n) is 5.00. The van der Waals surface area contributed by atoms with E-state index in [1.54, 1.807) is 26.0 Å². The summed E-state index contributed by atoms with van der Waals surface area (Å²) in [7, 11) is -3.59. The second kappa shape index (κ2) is 6.87. The number of hydrogen-bond donors (Lipinski definition) is 1. The van der Waals surface area contributed by atoms with Crippen LogP contribution in [0.5, 0.6) is 0 Å². The molecule has 0 radical (unpaired) electrons. The van der Waals surface area contributed by atoms with Crippen LogP contribution in [0, 0.1) is 6.92 Å². The molecule has 0 saturated heterocycles. The van der Waals surface area contributed by atoms with E-state index >= 15 is 0 Å². The summed E-state index contributed by atoms with van der Waals surface area (Å²) in [5.74, 6) is -1.07. The van der Waals surface area contributed by atoms with Gasteiger partial charge in [0.05, 0.1) is 4.90 Å². The van der Waals surface area contributed by atoms with Crippen LogP contribution in [0.4, 0.5) is 0 Å². The lowest BCUT2D eigenvalue weighted by Crippen LogP contribution is -2.37. The van der Waals surface area contributed by atoms with Crippen molar-refractivity contribution in [3.63, 3.8) is 0 Å². The first-order chi connectivity index (χ1) is 9.70. The zero-order chi connectivity index (χ0) is 16.2. The molecule has 5 nitrogen and oxygen atoms in total. The predicted octanol–water partition coefficient (Wildman–Crippen LogP) is 2.51. The number of aliphatic carboxylic acids is 1. The number of carbonyl (C=O) groups is 1. The maximum atomic E-state index is 12.7. The molecule has 0 atom stereocenters. The van der Waals surface area contributed by atoms with Gasteiger partial charge in [-0.3, -0.25) is 0 Å². The summed E-state index contributed by atoms with van der Waals surface area (Å²) in [5.41, 5.74) is 1.18. The van der Waals surface area contributed by atoms with Crippen molar-refractivity contribution in [2.24, 2.45) is 0 Å². The standard InChI is InChI=1S/C15H21NO4S/c1-5-16(11(2)3)21(19,20)14-10-13(7-6-12(14)4)8-9-15(17)18/h6-11H,5H2,1-4H3,(H,17,18). The lowest BCUT2D eigenvalue weighted by molar-refractivity contribution is -0.131. The lowest BCUT2D eigenvalue weighted by Gasteiger charge is -2.25. The van der Waals surface area contributed by atoms with Crippen LogP contribution >= 0.6 is 0 Å². The molecular formula is C15H21NO4S. The fourth-order valence-electron chi connectivity index (χ4n) is 2.10. The molecule has 6 heteroatoms. The zero-order valence-corrected chi connectivity index (χ0v) is 13.5. The quantitative estimate of drug-likeness (QED) is 0.819. The van der Waals surface area contributed by atoms with Gasteiger partial charge in [0.2, 0.25) is 10.0 Å². The minimum Gasteiger partial charge on any atom is -0.478 e. The van der Waals surface area contributed by atoms with E-state index in [-0.39, 0.29) is 10.9 Å². The predicted molar refractivity (Wildman–Crippen MR) is 82.6 cm³/mol. The maximum Gasteiger partial charge on any atom is 0.328 e. The van der Waals surface area contributed by atoms with Crippen molar-refractivity contribution in [3.8, 4) is 0 Å². The summed E-state index contributed by atoms with van der Waals surface area (Å²) >= 11 is 0. The molecule has 0 fully saturated rings. The van der Waals surface area contributed by atoms with Crippen molar-refractivity contribution < 1.29 is 18.3 Å². The fourth-order valence-corrected chi connectivity index (χ4v) is 4.01. The molecule has 0 aromatic heterocycles. The molecule has 21 heavy (non-hydrogen) atoms. The molecule has 1 rings (SSSR count). The van der Waals surface area contributed by atoms with Crippen molar-refractivity contribution in [1.29, 1.82) is 0 Å². The van der Waals surface area contributed by atoms with Gasteiger partial charge in [-0.15, -0.1) is 0 Å². The molecule has 1 aromatic rings. The molecule has 116 valence electrons. The van der Waals surface area contributed by atoms with Gasteiger partial charge in [-0.25, -0.2) is 13.2 Å². The Morgan fingerprint density at radius 2 is 2.00 bits per heavy atom. The van der Waals surface area contributed by atoms with Crippen LogP contribution < -0.4 is 0 Å². The average molecular weight is 311 g/mol. The third-order valence-corrected chi connectivity index (χ3v) is 5.40. The number of carboxylic acids is 1. The number of aryl methyl sites for hydroxylation is 1. The summed E-state index contributed by atoms with van der Waals surface area (Å²) in [4.78, 5) is 10.8. The Bertz CT molecular complexity index is 648. The second-order valence-corrected chi connectivity index (χ2v) is 6.86. The number of sulfonamides is 1. The van der Waals surface area contributed by atoms with E-state index in [9.17, 15) is 13.2 Å². The molecule has 0 amide bonds. The van der Waals surface area contributed by atoms with E-state index in [0.717, 1.165) is 6.08 Å². The van der Waals surface area contributed by atoms with Gasteiger partial charge in [0.15, 0.2) is 0 Å². The van der Waals surface area contributed by atoms with Crippen LogP contribution in [0.2, 0.25) is 0 Å². The molecule has 0 heterocycles. The van der Waals surface area contributed by atoms with Crippen molar-refractivity contribution in [3.05, 3.63) is 35.4 Å². The Kier molecular flexibility index (Phi) is 5.69. The summed E-state index contributed by atoms with van der Waals surface area (Å²) in [5, 5.41) is 8.64. The van der Waals surface area contributed by atoms with Gasteiger partial charge in [0.1, 0.15) is 0 Å². The number of benzene rings is 1. The number of rotatable bonds is 6. The van der Waals surface area contributed by atoms with Gasteiger partial charge in [-0.1, -0.05) is 19.1 Å². The Balaban J connectivity index is 3.35. The van der Waals surface area contributed by atoms with Crippen molar-refractivity contribution in [2.75, 3.05) is 6.54 Å². The van der Waals surface area contributed by atoms with E-state index in [1.165, 1.54) is 16.4 Å². The van der Waals surface area contributed by atoms with Gasteiger partial charge in [0.25, 0.3) is 0 Å². The van der Waals surface area contributed by atoms with Crippen molar-refractivity contribution >= 4 is 22.1 Å². The molecule has 0 unspecified atom stereocenters. The Labute approximate surface area is 126 Å². The van der Waals surface area contributed by atoms with Gasteiger partial charge >= 0.3 is 5.97 Å². The molecule has 0 bridgehead atoms. The first-order valence-electron chi connectivity index (χ1n) is 6.73. The monoisotopic (exact) mass is 311 g/mol. The fraction of sp³-hybridized carbons (Fsp3) is 0.400. The molecule has 1 aromatic carbocycles. The van der Waals surface area contributed by atoms with E-state index in [0.29, 0.717) is 17.7 Å². The molecule has 1 N–H and O–H groups in total. The lowest BCUT2D eigenvalue weighted by atomic mass is 10.1. The van der Waals surface area contributed by atoms with Gasteiger partial charge in [0, 0.05) is 18.7 Å². The van der Waals surface area contributed by atoms with Crippen molar-refractivity contribution in [1.82, 2.24) is 4.31 Å². The van der Waals surface area contributed by atoms with Crippen LogP contribution in [0.1, 0.15) is 31.9 Å². The Morgan fingerprint density at radius 1 is 1.38 bits per heavy atom. The van der Waals surface area contributed by atoms with Gasteiger partial charge in [-0.05, 0) is 44.0 Å². The minimum absolute atomic E-state index is 0.141. The third-order valence-electron chi connectivity index (χ3n) is 3.10. The van der Waals surface area contributed by atoms with Crippen molar-refractivity contribution in [2.45, 2.75) is 38.6 Å². The highest BCUT2D eigenvalue weighted by Gasteiger charge is 2.27. The number of carboxylic acid groups (broad SMARTS) is 1. The van der Waals surface area contributed by atoms with Crippen LogP contribution in [0.25, 0.3) is 6.08 Å². The summed E-state index contributed by atoms with van der Waals surface area (Å²) in [6, 6.07) is 4.74. The third kappa shape index (κ3) is 4.15. The summed E-state index contributed by atoms with van der Waals surface area (Å²) < 4.78 is 26.8. The summed E-state index contributed by atoms with van der Waals surface area (Å²) in [6.07, 6.45) is 2.37.